The molecule has 0 saturated carbocycles. The summed E-state index contributed by atoms with van der Waals surface area (Å²) in [7, 11) is 0. The van der Waals surface area contributed by atoms with Crippen LogP contribution in [-0.4, -0.2) is 35.9 Å². The zero-order chi connectivity index (χ0) is 23.8. The highest BCUT2D eigenvalue weighted by atomic mass is 35.5. The largest absolute Gasteiger partial charge is 0.484 e. The second kappa shape index (κ2) is 11.9. The van der Waals surface area contributed by atoms with Crippen LogP contribution in [0.15, 0.2) is 36.4 Å². The third-order valence-corrected chi connectivity index (χ3v) is 5.71. The zero-order valence-corrected chi connectivity index (χ0v) is 20.1. The molecular weight excluding hydrogens is 431 g/mol. The third-order valence-electron chi connectivity index (χ3n) is 5.11. The van der Waals surface area contributed by atoms with Crippen LogP contribution < -0.4 is 10.1 Å². The molecule has 32 heavy (non-hydrogen) atoms. The van der Waals surface area contributed by atoms with Gasteiger partial charge in [-0.15, -0.1) is 0 Å². The highest BCUT2D eigenvalue weighted by Crippen LogP contribution is 2.26. The molecule has 1 unspecified atom stereocenters. The Hall–Kier alpha value is -2.60. The lowest BCUT2D eigenvalue weighted by Crippen LogP contribution is -2.50. The summed E-state index contributed by atoms with van der Waals surface area (Å²) in [6.45, 7) is 10.1. The number of nitrogens with one attached hydrogen (secondary N) is 1. The summed E-state index contributed by atoms with van der Waals surface area (Å²) in [5.41, 5.74) is 2.45. The predicted molar refractivity (Wildman–Crippen MR) is 125 cm³/mol. The number of carbonyl (C=O) groups excluding carboxylic acids is 2. The van der Waals surface area contributed by atoms with E-state index in [0.717, 1.165) is 16.7 Å². The fraction of sp³-hybridized carbons (Fsp3) is 0.440. The van der Waals surface area contributed by atoms with Crippen LogP contribution in [-0.2, 0) is 16.1 Å². The molecule has 2 aromatic rings. The second-order valence-corrected chi connectivity index (χ2v) is 8.75. The lowest BCUT2D eigenvalue weighted by molar-refractivity contribution is -0.143. The Morgan fingerprint density at radius 3 is 2.25 bits per heavy atom. The van der Waals surface area contributed by atoms with E-state index >= 15 is 0 Å². The van der Waals surface area contributed by atoms with Gasteiger partial charge in [0.15, 0.2) is 6.61 Å². The summed E-state index contributed by atoms with van der Waals surface area (Å²) in [6, 6.07) is 8.80. The fourth-order valence-corrected chi connectivity index (χ4v) is 3.46. The third kappa shape index (κ3) is 7.23. The Labute approximate surface area is 194 Å². The van der Waals surface area contributed by atoms with E-state index in [1.165, 1.54) is 17.0 Å². The van der Waals surface area contributed by atoms with Crippen molar-refractivity contribution >= 4 is 23.4 Å². The number of halogens is 2. The standard InChI is InChI=1S/C25H32ClFN2O3/c1-6-22(25(31)28-13-16(2)3)29(14-19-7-9-20(27)10-8-19)23(30)15-32-21-11-17(4)24(26)18(5)12-21/h7-12,16,22H,6,13-15H2,1-5H3,(H,28,31). The first-order valence-corrected chi connectivity index (χ1v) is 11.2. The van der Waals surface area contributed by atoms with Crippen molar-refractivity contribution in [2.45, 2.75) is 53.6 Å². The van der Waals surface area contributed by atoms with Gasteiger partial charge in [0.2, 0.25) is 5.91 Å². The molecule has 0 radical (unpaired) electrons. The van der Waals surface area contributed by atoms with Gasteiger partial charge in [-0.1, -0.05) is 44.5 Å². The first-order chi connectivity index (χ1) is 15.1. The molecule has 5 nitrogen and oxygen atoms in total. The Balaban J connectivity index is 2.22. The first-order valence-electron chi connectivity index (χ1n) is 10.8. The van der Waals surface area contributed by atoms with Gasteiger partial charge >= 0.3 is 0 Å². The van der Waals surface area contributed by atoms with Gasteiger partial charge in [-0.2, -0.15) is 0 Å². The van der Waals surface area contributed by atoms with Crippen molar-refractivity contribution in [3.8, 4) is 5.75 Å². The minimum absolute atomic E-state index is 0.175. The summed E-state index contributed by atoms with van der Waals surface area (Å²) in [5.74, 6) is -0.0691. The maximum Gasteiger partial charge on any atom is 0.261 e. The average molecular weight is 463 g/mol. The fourth-order valence-electron chi connectivity index (χ4n) is 3.35. The van der Waals surface area contributed by atoms with Gasteiger partial charge in [0, 0.05) is 18.1 Å². The predicted octanol–water partition coefficient (Wildman–Crippen LogP) is 5.05. The lowest BCUT2D eigenvalue weighted by atomic mass is 10.1. The van der Waals surface area contributed by atoms with Gasteiger partial charge in [0.1, 0.15) is 17.6 Å². The van der Waals surface area contributed by atoms with E-state index in [2.05, 4.69) is 5.32 Å². The van der Waals surface area contributed by atoms with Crippen molar-refractivity contribution in [1.29, 1.82) is 0 Å². The summed E-state index contributed by atoms with van der Waals surface area (Å²) < 4.78 is 19.1. The van der Waals surface area contributed by atoms with Crippen molar-refractivity contribution in [3.63, 3.8) is 0 Å². The minimum Gasteiger partial charge on any atom is -0.484 e. The van der Waals surface area contributed by atoms with E-state index < -0.39 is 6.04 Å². The Morgan fingerprint density at radius 1 is 1.12 bits per heavy atom. The van der Waals surface area contributed by atoms with Crippen LogP contribution in [0.5, 0.6) is 5.75 Å². The summed E-state index contributed by atoms with van der Waals surface area (Å²) >= 11 is 6.21. The van der Waals surface area contributed by atoms with Gasteiger partial charge in [0.25, 0.3) is 5.91 Å². The van der Waals surface area contributed by atoms with Crippen LogP contribution in [0, 0.1) is 25.6 Å². The highest BCUT2D eigenvalue weighted by Gasteiger charge is 2.29. The Morgan fingerprint density at radius 2 is 1.72 bits per heavy atom. The molecule has 7 heteroatoms. The molecule has 2 rings (SSSR count). The number of nitrogens with zero attached hydrogens (tertiary/aromatic N) is 1. The van der Waals surface area contributed by atoms with E-state index in [0.29, 0.717) is 23.7 Å². The van der Waals surface area contributed by atoms with Gasteiger partial charge in [-0.05, 0) is 67.1 Å². The number of hydrogen-bond donors (Lipinski definition) is 1. The monoisotopic (exact) mass is 462 g/mol. The van der Waals surface area contributed by atoms with Crippen LogP contribution in [0.2, 0.25) is 5.02 Å². The summed E-state index contributed by atoms with van der Waals surface area (Å²) in [4.78, 5) is 27.5. The van der Waals surface area contributed by atoms with Crippen LogP contribution >= 0.6 is 11.6 Å². The molecular formula is C25H32ClFN2O3. The van der Waals surface area contributed by atoms with E-state index in [1.54, 1.807) is 24.3 Å². The molecule has 0 heterocycles. The highest BCUT2D eigenvalue weighted by molar-refractivity contribution is 6.32. The van der Waals surface area contributed by atoms with Crippen LogP contribution in [0.25, 0.3) is 0 Å². The molecule has 0 aliphatic carbocycles. The van der Waals surface area contributed by atoms with Crippen LogP contribution in [0.3, 0.4) is 0 Å². The quantitative estimate of drug-likeness (QED) is 0.537. The zero-order valence-electron chi connectivity index (χ0n) is 19.4. The maximum absolute atomic E-state index is 13.3. The van der Waals surface area contributed by atoms with Gasteiger partial charge in [0.05, 0.1) is 0 Å². The van der Waals surface area contributed by atoms with E-state index in [9.17, 15) is 14.0 Å². The SMILES string of the molecule is CCC(C(=O)NCC(C)C)N(Cc1ccc(F)cc1)C(=O)COc1cc(C)c(Cl)c(C)c1. The molecule has 2 aromatic carbocycles. The first kappa shape index (κ1) is 25.7. The molecule has 2 amide bonds. The number of benzene rings is 2. The molecule has 0 saturated heterocycles. The van der Waals surface area contributed by atoms with Crippen molar-refractivity contribution in [2.75, 3.05) is 13.2 Å². The van der Waals surface area contributed by atoms with Crippen molar-refractivity contribution in [1.82, 2.24) is 10.2 Å². The molecule has 0 aliphatic heterocycles. The summed E-state index contributed by atoms with van der Waals surface area (Å²) in [6.07, 6.45) is 0.441. The number of hydrogen-bond acceptors (Lipinski definition) is 3. The number of amides is 2. The number of ether oxygens (including phenoxy) is 1. The van der Waals surface area contributed by atoms with Gasteiger partial charge in [-0.3, -0.25) is 9.59 Å². The van der Waals surface area contributed by atoms with Crippen molar-refractivity contribution in [2.24, 2.45) is 5.92 Å². The van der Waals surface area contributed by atoms with E-state index in [-0.39, 0.29) is 36.7 Å². The van der Waals surface area contributed by atoms with E-state index in [4.69, 9.17) is 16.3 Å². The maximum atomic E-state index is 13.3. The Bertz CT molecular complexity index is 908. The number of carbonyl (C=O) groups is 2. The van der Waals surface area contributed by atoms with Gasteiger partial charge < -0.3 is 15.0 Å². The van der Waals surface area contributed by atoms with Crippen molar-refractivity contribution in [3.05, 3.63) is 63.9 Å². The summed E-state index contributed by atoms with van der Waals surface area (Å²) in [5, 5.41) is 3.57. The number of rotatable bonds is 10. The molecule has 0 fully saturated rings. The second-order valence-electron chi connectivity index (χ2n) is 8.37. The van der Waals surface area contributed by atoms with Crippen LogP contribution in [0.1, 0.15) is 43.9 Å². The molecule has 0 spiro atoms. The molecule has 1 atom stereocenters. The average Bonchev–Trinajstić information content (AvgIpc) is 2.75. The molecule has 174 valence electrons. The molecule has 0 aliphatic rings. The Kier molecular flexibility index (Phi) is 9.51. The number of aryl methyl sites for hydroxylation is 2. The normalized spacial score (nSPS) is 11.9. The smallest absolute Gasteiger partial charge is 0.261 e. The molecule has 1 N–H and O–H groups in total. The van der Waals surface area contributed by atoms with E-state index in [1.807, 2.05) is 34.6 Å². The minimum atomic E-state index is -0.663. The molecule has 0 aromatic heterocycles. The molecule has 0 bridgehead atoms. The van der Waals surface area contributed by atoms with Gasteiger partial charge in [-0.25, -0.2) is 4.39 Å². The topological polar surface area (TPSA) is 58.6 Å². The lowest BCUT2D eigenvalue weighted by Gasteiger charge is -2.31. The van der Waals surface area contributed by atoms with Crippen LogP contribution in [0.4, 0.5) is 4.39 Å². The van der Waals surface area contributed by atoms with Crippen molar-refractivity contribution < 1.29 is 18.7 Å².